The molecule has 8 heteroatoms. The van der Waals surface area contributed by atoms with Crippen molar-refractivity contribution in [2.24, 2.45) is 28.4 Å². The summed E-state index contributed by atoms with van der Waals surface area (Å²) in [5.74, 6) is -0.207. The van der Waals surface area contributed by atoms with Gasteiger partial charge in [-0.25, -0.2) is 0 Å². The number of hydrogen-bond donors (Lipinski definition) is 1. The molecule has 1 aliphatic carbocycles. The molecule has 2 saturated heterocycles. The van der Waals surface area contributed by atoms with E-state index in [1.54, 1.807) is 16.6 Å². The summed E-state index contributed by atoms with van der Waals surface area (Å²) in [6, 6.07) is 0. The van der Waals surface area contributed by atoms with E-state index < -0.39 is 0 Å². The molecule has 7 nitrogen and oxygen atoms in total. The molecule has 0 bridgehead atoms. The first-order valence-corrected chi connectivity index (χ1v) is 11.7. The molecule has 4 rings (SSSR count). The smallest absolute Gasteiger partial charge is 0.265 e. The van der Waals surface area contributed by atoms with Crippen molar-refractivity contribution in [3.63, 3.8) is 0 Å². The number of nitrogens with two attached hydrogens (primary N) is 1. The highest BCUT2D eigenvalue weighted by Crippen LogP contribution is 2.49. The monoisotopic (exact) mass is 438 g/mol. The van der Waals surface area contributed by atoms with E-state index in [0.717, 1.165) is 25.8 Å². The lowest BCUT2D eigenvalue weighted by molar-refractivity contribution is -0.128. The largest absolute Gasteiger partial charge is 0.369 e. The van der Waals surface area contributed by atoms with E-state index >= 15 is 0 Å². The third-order valence-corrected chi connectivity index (χ3v) is 6.61. The number of primary amides is 1. The van der Waals surface area contributed by atoms with Gasteiger partial charge in [0.15, 0.2) is 0 Å². The maximum absolute atomic E-state index is 12.3. The van der Waals surface area contributed by atoms with Crippen LogP contribution in [0.2, 0.25) is 0 Å². The second kappa shape index (κ2) is 11.0. The molecule has 1 aromatic heterocycles. The minimum absolute atomic E-state index is 0.0415. The predicted octanol–water partition coefficient (Wildman–Crippen LogP) is 2.92. The number of nitrogens with zero attached hydrogens (tertiary/aromatic N) is 3. The van der Waals surface area contributed by atoms with Crippen LogP contribution in [0.1, 0.15) is 57.6 Å². The molecule has 3 fully saturated rings. The molecular weight excluding hydrogens is 400 g/mol. The summed E-state index contributed by atoms with van der Waals surface area (Å²) in [5.41, 5.74) is 7.36. The van der Waals surface area contributed by atoms with Gasteiger partial charge < -0.3 is 20.3 Å². The highest BCUT2D eigenvalue weighted by Gasteiger charge is 2.56. The molecule has 30 heavy (non-hydrogen) atoms. The van der Waals surface area contributed by atoms with Gasteiger partial charge in [-0.3, -0.25) is 14.6 Å². The molecule has 2 N–H and O–H groups in total. The van der Waals surface area contributed by atoms with Crippen molar-refractivity contribution < 1.29 is 14.4 Å². The van der Waals surface area contributed by atoms with Crippen molar-refractivity contribution in [2.75, 3.05) is 33.2 Å². The topological polar surface area (TPSA) is 96.6 Å². The van der Waals surface area contributed by atoms with Crippen molar-refractivity contribution in [2.45, 2.75) is 48.0 Å². The first-order valence-electron chi connectivity index (χ1n) is 10.8. The van der Waals surface area contributed by atoms with E-state index in [1.807, 2.05) is 34.7 Å². The summed E-state index contributed by atoms with van der Waals surface area (Å²) in [5, 5.41) is 0. The highest BCUT2D eigenvalue weighted by atomic mass is 32.1. The van der Waals surface area contributed by atoms with Crippen LogP contribution in [0.5, 0.6) is 0 Å². The number of carbonyl (C=O) groups excluding carboxylic acids is 3. The average molecular weight is 439 g/mol. The number of aldehydes is 1. The Balaban J connectivity index is 0.000000343. The lowest BCUT2D eigenvalue weighted by atomic mass is 9.71. The lowest BCUT2D eigenvalue weighted by Crippen LogP contribution is -2.60. The van der Waals surface area contributed by atoms with E-state index in [0.29, 0.717) is 29.3 Å². The molecule has 3 aliphatic rings. The van der Waals surface area contributed by atoms with Crippen molar-refractivity contribution >= 4 is 29.4 Å². The van der Waals surface area contributed by atoms with Crippen LogP contribution in [0.4, 0.5) is 0 Å². The van der Waals surface area contributed by atoms with Crippen LogP contribution in [0.25, 0.3) is 0 Å². The SMILES string of the molecule is CC.CC.CC1(C)CC1C=O.CN1CC2(C1)CN(C(=O)c1cncs1)CC2C(N)=O. The van der Waals surface area contributed by atoms with E-state index in [9.17, 15) is 14.4 Å². The third-order valence-electron chi connectivity index (χ3n) is 5.85. The highest BCUT2D eigenvalue weighted by molar-refractivity contribution is 7.11. The third kappa shape index (κ3) is 5.88. The second-order valence-electron chi connectivity index (χ2n) is 8.48. The Bertz CT molecular complexity index is 699. The zero-order valence-corrected chi connectivity index (χ0v) is 20.3. The summed E-state index contributed by atoms with van der Waals surface area (Å²) < 4.78 is 0. The Kier molecular flexibility index (Phi) is 9.62. The summed E-state index contributed by atoms with van der Waals surface area (Å²) >= 11 is 1.32. The molecule has 2 amide bonds. The number of hydrogen-bond acceptors (Lipinski definition) is 6. The number of aromatic nitrogens is 1. The van der Waals surface area contributed by atoms with Crippen LogP contribution in [0.3, 0.4) is 0 Å². The van der Waals surface area contributed by atoms with Gasteiger partial charge in [-0.1, -0.05) is 41.5 Å². The fraction of sp³-hybridized carbons (Fsp3) is 0.727. The van der Waals surface area contributed by atoms with Gasteiger partial charge in [0.25, 0.3) is 5.91 Å². The van der Waals surface area contributed by atoms with E-state index in [2.05, 4.69) is 23.7 Å². The van der Waals surface area contributed by atoms with Crippen molar-refractivity contribution in [1.82, 2.24) is 14.8 Å². The van der Waals surface area contributed by atoms with Crippen LogP contribution in [0.15, 0.2) is 11.7 Å². The maximum atomic E-state index is 12.3. The Labute approximate surface area is 185 Å². The first kappa shape index (κ1) is 26.2. The van der Waals surface area contributed by atoms with Gasteiger partial charge in [-0.2, -0.15) is 0 Å². The van der Waals surface area contributed by atoms with E-state index in [1.165, 1.54) is 11.3 Å². The molecule has 1 aromatic rings. The number of carbonyl (C=O) groups is 3. The van der Waals surface area contributed by atoms with E-state index in [4.69, 9.17) is 5.73 Å². The maximum Gasteiger partial charge on any atom is 0.265 e. The molecule has 0 aromatic carbocycles. The van der Waals surface area contributed by atoms with Crippen LogP contribution in [0, 0.1) is 22.7 Å². The van der Waals surface area contributed by atoms with Crippen molar-refractivity contribution in [3.05, 3.63) is 16.6 Å². The average Bonchev–Trinajstić information content (AvgIpc) is 3.11. The Morgan fingerprint density at radius 1 is 1.20 bits per heavy atom. The number of amides is 2. The first-order chi connectivity index (χ1) is 14.2. The van der Waals surface area contributed by atoms with Gasteiger partial charge in [-0.05, 0) is 18.9 Å². The molecule has 1 saturated carbocycles. The summed E-state index contributed by atoms with van der Waals surface area (Å²) in [6.07, 6.45) is 3.72. The van der Waals surface area contributed by atoms with Gasteiger partial charge in [0.2, 0.25) is 5.91 Å². The molecule has 0 radical (unpaired) electrons. The Hall–Kier alpha value is -1.80. The summed E-state index contributed by atoms with van der Waals surface area (Å²) in [6.45, 7) is 14.9. The molecule has 170 valence electrons. The quantitative estimate of drug-likeness (QED) is 0.732. The fourth-order valence-corrected chi connectivity index (χ4v) is 4.67. The zero-order valence-electron chi connectivity index (χ0n) is 19.5. The molecule has 2 atom stereocenters. The molecule has 2 aliphatic heterocycles. The number of likely N-dealkylation sites (tertiary alicyclic amines) is 2. The normalized spacial score (nSPS) is 24.7. The molecular formula is C22H38N4O3S. The van der Waals surface area contributed by atoms with Crippen LogP contribution < -0.4 is 5.73 Å². The number of rotatable bonds is 3. The number of thiazole rings is 1. The van der Waals surface area contributed by atoms with Crippen LogP contribution in [-0.4, -0.2) is 66.1 Å². The van der Waals surface area contributed by atoms with Gasteiger partial charge in [0, 0.05) is 37.5 Å². The van der Waals surface area contributed by atoms with Gasteiger partial charge in [0.1, 0.15) is 11.2 Å². The van der Waals surface area contributed by atoms with Gasteiger partial charge in [0.05, 0.1) is 17.6 Å². The van der Waals surface area contributed by atoms with Crippen molar-refractivity contribution in [1.29, 1.82) is 0 Å². The van der Waals surface area contributed by atoms with Crippen LogP contribution in [-0.2, 0) is 9.59 Å². The fourth-order valence-electron chi connectivity index (χ4n) is 4.08. The Morgan fingerprint density at radius 3 is 2.10 bits per heavy atom. The van der Waals surface area contributed by atoms with Gasteiger partial charge >= 0.3 is 0 Å². The minimum Gasteiger partial charge on any atom is -0.369 e. The van der Waals surface area contributed by atoms with Gasteiger partial charge in [-0.15, -0.1) is 11.3 Å². The van der Waals surface area contributed by atoms with Crippen LogP contribution >= 0.6 is 11.3 Å². The molecule has 3 heterocycles. The zero-order chi connectivity index (χ0) is 23.1. The summed E-state index contributed by atoms with van der Waals surface area (Å²) in [4.78, 5) is 42.4. The molecule has 2 unspecified atom stereocenters. The standard InChI is InChI=1S/C12H16N4O2S.C6H10O.2C2H6/c1-15-4-12(5-15)6-16(3-8(12)10(13)17)11(18)9-2-14-7-19-9;1-6(2)3-5(6)4-7;2*1-2/h2,7-8H,3-6H2,1H3,(H2,13,17);4-5H,3H2,1-2H3;2*1-2H3. The second-order valence-corrected chi connectivity index (χ2v) is 9.36. The van der Waals surface area contributed by atoms with E-state index in [-0.39, 0.29) is 23.1 Å². The van der Waals surface area contributed by atoms with Crippen molar-refractivity contribution in [3.8, 4) is 0 Å². The lowest BCUT2D eigenvalue weighted by Gasteiger charge is -2.48. The predicted molar refractivity (Wildman–Crippen MR) is 121 cm³/mol. The summed E-state index contributed by atoms with van der Waals surface area (Å²) in [7, 11) is 2.01. The molecule has 1 spiro atoms. The minimum atomic E-state index is -0.298. The Morgan fingerprint density at radius 2 is 1.77 bits per heavy atom.